The van der Waals surface area contributed by atoms with E-state index in [0.29, 0.717) is 5.69 Å². The Morgan fingerprint density at radius 3 is 2.77 bits per heavy atom. The van der Waals surface area contributed by atoms with Crippen LogP contribution in [0.15, 0.2) is 41.7 Å². The Morgan fingerprint density at radius 2 is 2.12 bits per heavy atom. The first kappa shape index (κ1) is 17.3. The third-order valence-electron chi connectivity index (χ3n) is 4.76. The molecule has 1 atom stereocenters. The van der Waals surface area contributed by atoms with Crippen molar-refractivity contribution in [3.8, 4) is 11.3 Å². The number of hydrogen-bond acceptors (Lipinski definition) is 6. The van der Waals surface area contributed by atoms with Crippen LogP contribution in [0.4, 0.5) is 5.69 Å². The van der Waals surface area contributed by atoms with Crippen LogP contribution in [0.3, 0.4) is 0 Å². The highest BCUT2D eigenvalue weighted by Crippen LogP contribution is 2.42. The normalized spacial score (nSPS) is 15.7. The van der Waals surface area contributed by atoms with Gasteiger partial charge >= 0.3 is 0 Å². The van der Waals surface area contributed by atoms with E-state index in [-0.39, 0.29) is 5.25 Å². The highest BCUT2D eigenvalue weighted by molar-refractivity contribution is 7.88. The number of pyridine rings is 1. The lowest BCUT2D eigenvalue weighted by Crippen LogP contribution is -2.23. The fourth-order valence-corrected chi connectivity index (χ4v) is 6.33. The monoisotopic (exact) mass is 384 g/mol. The lowest BCUT2D eigenvalue weighted by molar-refractivity contribution is 0.505. The van der Waals surface area contributed by atoms with Crippen molar-refractivity contribution in [3.63, 3.8) is 0 Å². The predicted molar refractivity (Wildman–Crippen MR) is 108 cm³/mol. The SMILES string of the molecule is C=CCCc1cc(-c2cncnc2)nc2sc(S(=O)C3CCC3)c(N)c12. The Bertz CT molecular complexity index is 980. The van der Waals surface area contributed by atoms with E-state index in [2.05, 4.69) is 16.5 Å². The number of fused-ring (bicyclic) bond motifs is 1. The second-order valence-corrected chi connectivity index (χ2v) is 9.38. The molecular weight excluding hydrogens is 364 g/mol. The maximum Gasteiger partial charge on any atom is 0.127 e. The molecule has 134 valence electrons. The van der Waals surface area contributed by atoms with Crippen molar-refractivity contribution in [1.29, 1.82) is 0 Å². The van der Waals surface area contributed by atoms with Gasteiger partial charge in [-0.15, -0.1) is 17.9 Å². The van der Waals surface area contributed by atoms with Crippen molar-refractivity contribution in [2.24, 2.45) is 0 Å². The fraction of sp³-hybridized carbons (Fsp3) is 0.316. The van der Waals surface area contributed by atoms with Gasteiger partial charge < -0.3 is 5.73 Å². The summed E-state index contributed by atoms with van der Waals surface area (Å²) in [5, 5.41) is 1.18. The molecule has 1 saturated carbocycles. The molecule has 4 rings (SSSR count). The summed E-state index contributed by atoms with van der Waals surface area (Å²) in [5.74, 6) is 0. The molecule has 5 nitrogen and oxygen atoms in total. The molecule has 0 aromatic carbocycles. The van der Waals surface area contributed by atoms with Crippen molar-refractivity contribution in [3.05, 3.63) is 43.0 Å². The van der Waals surface area contributed by atoms with E-state index in [0.717, 1.165) is 63.4 Å². The minimum Gasteiger partial charge on any atom is -0.396 e. The summed E-state index contributed by atoms with van der Waals surface area (Å²) in [6.45, 7) is 3.82. The Labute approximate surface area is 158 Å². The van der Waals surface area contributed by atoms with Crippen molar-refractivity contribution in [1.82, 2.24) is 15.0 Å². The van der Waals surface area contributed by atoms with Gasteiger partial charge in [0.1, 0.15) is 15.4 Å². The van der Waals surface area contributed by atoms with Crippen molar-refractivity contribution < 1.29 is 4.21 Å². The summed E-state index contributed by atoms with van der Waals surface area (Å²) in [5.41, 5.74) is 9.87. The van der Waals surface area contributed by atoms with Gasteiger partial charge in [-0.2, -0.15) is 0 Å². The van der Waals surface area contributed by atoms with Crippen LogP contribution in [0.1, 0.15) is 31.2 Å². The van der Waals surface area contributed by atoms with E-state index in [4.69, 9.17) is 10.7 Å². The molecular formula is C19H20N4OS2. The van der Waals surface area contributed by atoms with Crippen LogP contribution in [-0.4, -0.2) is 24.4 Å². The molecule has 3 aromatic rings. The molecule has 0 spiro atoms. The molecule has 0 bridgehead atoms. The zero-order valence-electron chi connectivity index (χ0n) is 14.4. The van der Waals surface area contributed by atoms with Gasteiger partial charge in [0.25, 0.3) is 0 Å². The Morgan fingerprint density at radius 1 is 1.35 bits per heavy atom. The minimum absolute atomic E-state index is 0.240. The van der Waals surface area contributed by atoms with Gasteiger partial charge in [-0.3, -0.25) is 4.21 Å². The fourth-order valence-electron chi connectivity index (χ4n) is 3.10. The van der Waals surface area contributed by atoms with Crippen LogP contribution in [-0.2, 0) is 17.2 Å². The summed E-state index contributed by atoms with van der Waals surface area (Å²) in [4.78, 5) is 13.8. The number of nitrogens with zero attached hydrogens (tertiary/aromatic N) is 3. The second-order valence-electron chi connectivity index (χ2n) is 6.45. The number of anilines is 1. The molecule has 1 aliphatic rings. The van der Waals surface area contributed by atoms with Gasteiger partial charge in [0.15, 0.2) is 0 Å². The van der Waals surface area contributed by atoms with Crippen LogP contribution in [0.25, 0.3) is 21.5 Å². The average Bonchev–Trinajstić information content (AvgIpc) is 2.96. The first-order valence-electron chi connectivity index (χ1n) is 8.67. The van der Waals surface area contributed by atoms with E-state index < -0.39 is 10.8 Å². The number of allylic oxidation sites excluding steroid dienone is 1. The number of nitrogen functional groups attached to an aromatic ring is 1. The molecule has 0 amide bonds. The molecule has 1 fully saturated rings. The summed E-state index contributed by atoms with van der Waals surface area (Å²) in [6, 6.07) is 2.05. The highest BCUT2D eigenvalue weighted by atomic mass is 32.2. The van der Waals surface area contributed by atoms with Gasteiger partial charge in [-0.1, -0.05) is 12.5 Å². The van der Waals surface area contributed by atoms with E-state index in [1.165, 1.54) is 17.7 Å². The minimum atomic E-state index is -1.04. The topological polar surface area (TPSA) is 81.8 Å². The van der Waals surface area contributed by atoms with E-state index >= 15 is 0 Å². The third-order valence-corrected chi connectivity index (χ3v) is 8.06. The van der Waals surface area contributed by atoms with Gasteiger partial charge in [-0.25, -0.2) is 15.0 Å². The molecule has 0 radical (unpaired) electrons. The largest absolute Gasteiger partial charge is 0.396 e. The zero-order chi connectivity index (χ0) is 18.1. The number of thiophene rings is 1. The molecule has 3 aromatic heterocycles. The number of aromatic nitrogens is 3. The molecule has 26 heavy (non-hydrogen) atoms. The first-order valence-corrected chi connectivity index (χ1v) is 10.7. The van der Waals surface area contributed by atoms with Crippen LogP contribution in [0, 0.1) is 0 Å². The molecule has 0 saturated heterocycles. The number of hydrogen-bond donors (Lipinski definition) is 1. The quantitative estimate of drug-likeness (QED) is 0.647. The smallest absolute Gasteiger partial charge is 0.127 e. The Kier molecular flexibility index (Phi) is 4.82. The summed E-state index contributed by atoms with van der Waals surface area (Å²) < 4.78 is 13.7. The maximum absolute atomic E-state index is 12.9. The standard InChI is InChI=1S/C19H20N4OS2/c1-2-3-5-12-8-15(13-9-21-11-22-10-13)23-18-16(12)17(20)19(25-18)26(24)14-6-4-7-14/h2,8-11,14H,1,3-7,20H2. The van der Waals surface area contributed by atoms with Gasteiger partial charge in [0.2, 0.25) is 0 Å². The van der Waals surface area contributed by atoms with Crippen LogP contribution in [0.5, 0.6) is 0 Å². The van der Waals surface area contributed by atoms with E-state index in [9.17, 15) is 4.21 Å². The molecule has 1 aliphatic carbocycles. The van der Waals surface area contributed by atoms with Crippen LogP contribution < -0.4 is 5.73 Å². The lowest BCUT2D eigenvalue weighted by atomic mass is 10.0. The maximum atomic E-state index is 12.9. The van der Waals surface area contributed by atoms with Crippen molar-refractivity contribution in [2.45, 2.75) is 41.6 Å². The number of aryl methyl sites for hydroxylation is 1. The number of rotatable bonds is 6. The summed E-state index contributed by atoms with van der Waals surface area (Å²) >= 11 is 1.46. The Balaban J connectivity index is 1.86. The molecule has 7 heteroatoms. The molecule has 3 heterocycles. The highest BCUT2D eigenvalue weighted by Gasteiger charge is 2.29. The van der Waals surface area contributed by atoms with Crippen molar-refractivity contribution >= 4 is 38.0 Å². The lowest BCUT2D eigenvalue weighted by Gasteiger charge is -2.23. The van der Waals surface area contributed by atoms with Crippen molar-refractivity contribution in [2.75, 3.05) is 5.73 Å². The third kappa shape index (κ3) is 3.05. The van der Waals surface area contributed by atoms with E-state index in [1.54, 1.807) is 12.4 Å². The van der Waals surface area contributed by atoms with Gasteiger partial charge in [-0.05, 0) is 37.3 Å². The predicted octanol–water partition coefficient (Wildman–Crippen LogP) is 4.11. The summed E-state index contributed by atoms with van der Waals surface area (Å²) in [7, 11) is -1.04. The van der Waals surface area contributed by atoms with Crippen LogP contribution >= 0.6 is 11.3 Å². The molecule has 1 unspecified atom stereocenters. The van der Waals surface area contributed by atoms with Crippen LogP contribution in [0.2, 0.25) is 0 Å². The van der Waals surface area contributed by atoms with Gasteiger partial charge in [0, 0.05) is 28.6 Å². The molecule has 0 aliphatic heterocycles. The second kappa shape index (κ2) is 7.25. The summed E-state index contributed by atoms with van der Waals surface area (Å²) in [6.07, 6.45) is 11.8. The number of nitrogens with two attached hydrogens (primary N) is 1. The molecule has 2 N–H and O–H groups in total. The van der Waals surface area contributed by atoms with E-state index in [1.807, 2.05) is 12.1 Å². The first-order chi connectivity index (χ1) is 12.7. The Hall–Kier alpha value is -2.12. The average molecular weight is 385 g/mol. The van der Waals surface area contributed by atoms with Gasteiger partial charge in [0.05, 0.1) is 22.2 Å². The zero-order valence-corrected chi connectivity index (χ0v) is 16.0.